The second kappa shape index (κ2) is 10.5. The van der Waals surface area contributed by atoms with Crippen molar-refractivity contribution >= 4 is 17.9 Å². The van der Waals surface area contributed by atoms with Crippen molar-refractivity contribution in [1.82, 2.24) is 19.9 Å². The lowest BCUT2D eigenvalue weighted by molar-refractivity contribution is -0.170. The van der Waals surface area contributed by atoms with Crippen LogP contribution in [0.15, 0.2) is 37.4 Å². The number of aliphatic hydroxyl groups is 1. The van der Waals surface area contributed by atoms with Gasteiger partial charge in [0, 0.05) is 24.8 Å². The van der Waals surface area contributed by atoms with Crippen LogP contribution in [0.4, 0.5) is 0 Å². The third-order valence-electron chi connectivity index (χ3n) is 2.10. The zero-order chi connectivity index (χ0) is 17.7. The highest BCUT2D eigenvalue weighted by molar-refractivity contribution is 5.88. The van der Waals surface area contributed by atoms with Crippen LogP contribution in [0.5, 0.6) is 0 Å². The third-order valence-corrected chi connectivity index (χ3v) is 2.10. The molecule has 6 N–H and O–H groups in total. The molecule has 11 nitrogen and oxygen atoms in total. The number of H-pyrrole nitrogens is 2. The summed E-state index contributed by atoms with van der Waals surface area (Å²) in [5.74, 6) is -5.02. The van der Waals surface area contributed by atoms with Crippen LogP contribution in [-0.2, 0) is 14.4 Å². The molecular weight excluding hydrogens is 312 g/mol. The molecule has 0 radical (unpaired) electrons. The van der Waals surface area contributed by atoms with Gasteiger partial charge in [0.15, 0.2) is 5.60 Å². The number of carboxylic acid groups (broad SMARTS) is 3. The number of aromatic nitrogens is 4. The molecule has 11 heteroatoms. The highest BCUT2D eigenvalue weighted by Gasteiger charge is 2.40. The van der Waals surface area contributed by atoms with Crippen molar-refractivity contribution in [2.45, 2.75) is 18.4 Å². The fourth-order valence-electron chi connectivity index (χ4n) is 1.14. The normalized spacial score (nSPS) is 9.61. The Morgan fingerprint density at radius 2 is 1.26 bits per heavy atom. The Balaban J connectivity index is 0.000000386. The van der Waals surface area contributed by atoms with E-state index in [2.05, 4.69) is 19.9 Å². The predicted octanol–water partition coefficient (Wildman–Crippen LogP) is -0.429. The van der Waals surface area contributed by atoms with Gasteiger partial charge >= 0.3 is 17.9 Å². The number of imidazole rings is 2. The SMILES string of the molecule is O=C(O)CC(O)(CC(=O)O)C(=O)O.c1c[nH]cn1.c1c[nH]cn1. The van der Waals surface area contributed by atoms with Crippen LogP contribution in [0.3, 0.4) is 0 Å². The van der Waals surface area contributed by atoms with E-state index in [9.17, 15) is 14.4 Å². The summed E-state index contributed by atoms with van der Waals surface area (Å²) in [4.78, 5) is 43.3. The average molecular weight is 328 g/mol. The standard InChI is InChI=1S/C6H8O7.2C3H4N2/c7-3(8)1-6(13,5(11)12)2-4(9)10;2*1-2-5-3-4-1/h13H,1-2H2,(H,7,8)(H,9,10)(H,11,12);2*1-3H,(H,4,5). The summed E-state index contributed by atoms with van der Waals surface area (Å²) in [5.41, 5.74) is -2.74. The average Bonchev–Trinajstić information content (AvgIpc) is 3.16. The monoisotopic (exact) mass is 328 g/mol. The summed E-state index contributed by atoms with van der Waals surface area (Å²) in [7, 11) is 0. The van der Waals surface area contributed by atoms with Gasteiger partial charge in [0.05, 0.1) is 25.5 Å². The lowest BCUT2D eigenvalue weighted by atomic mass is 9.96. The maximum absolute atomic E-state index is 10.3. The molecule has 2 heterocycles. The highest BCUT2D eigenvalue weighted by Crippen LogP contribution is 2.15. The van der Waals surface area contributed by atoms with E-state index in [0.717, 1.165) is 0 Å². The van der Waals surface area contributed by atoms with Gasteiger partial charge in [-0.05, 0) is 0 Å². The molecule has 0 saturated carbocycles. The maximum Gasteiger partial charge on any atom is 0.336 e. The third kappa shape index (κ3) is 10.2. The molecule has 0 bridgehead atoms. The lowest BCUT2D eigenvalue weighted by Gasteiger charge is -2.18. The Hall–Kier alpha value is -3.21. The highest BCUT2D eigenvalue weighted by atomic mass is 16.4. The molecule has 0 aromatic carbocycles. The summed E-state index contributed by atoms with van der Waals surface area (Å²) in [6.45, 7) is 0. The van der Waals surface area contributed by atoms with Gasteiger partial charge in [-0.2, -0.15) is 0 Å². The summed E-state index contributed by atoms with van der Waals surface area (Å²) < 4.78 is 0. The van der Waals surface area contributed by atoms with Crippen LogP contribution < -0.4 is 0 Å². The van der Waals surface area contributed by atoms with E-state index < -0.39 is 36.4 Å². The van der Waals surface area contributed by atoms with Crippen molar-refractivity contribution in [1.29, 1.82) is 0 Å². The first kappa shape index (κ1) is 19.8. The van der Waals surface area contributed by atoms with Gasteiger partial charge in [-0.25, -0.2) is 14.8 Å². The first-order valence-corrected chi connectivity index (χ1v) is 6.03. The molecule has 2 aromatic heterocycles. The van der Waals surface area contributed by atoms with Crippen molar-refractivity contribution in [2.75, 3.05) is 0 Å². The lowest BCUT2D eigenvalue weighted by Crippen LogP contribution is -2.42. The summed E-state index contributed by atoms with van der Waals surface area (Å²) >= 11 is 0. The fraction of sp³-hybridized carbons (Fsp3) is 0.250. The first-order valence-electron chi connectivity index (χ1n) is 6.03. The Labute approximate surface area is 129 Å². The fourth-order valence-corrected chi connectivity index (χ4v) is 1.14. The number of carbonyl (C=O) groups is 3. The van der Waals surface area contributed by atoms with Crippen LogP contribution in [0, 0.1) is 0 Å². The molecule has 0 atom stereocenters. The van der Waals surface area contributed by atoms with E-state index in [-0.39, 0.29) is 0 Å². The minimum absolute atomic E-state index is 1.14. The number of nitrogens with zero attached hydrogens (tertiary/aromatic N) is 2. The number of aliphatic carboxylic acids is 3. The van der Waals surface area contributed by atoms with Crippen molar-refractivity contribution in [2.24, 2.45) is 0 Å². The number of hydrogen-bond acceptors (Lipinski definition) is 6. The zero-order valence-electron chi connectivity index (χ0n) is 11.8. The molecule has 0 spiro atoms. The van der Waals surface area contributed by atoms with Crippen LogP contribution in [0.25, 0.3) is 0 Å². The number of carboxylic acids is 3. The van der Waals surface area contributed by atoms with E-state index in [0.29, 0.717) is 0 Å². The summed E-state index contributed by atoms with van der Waals surface area (Å²) in [6, 6.07) is 0. The van der Waals surface area contributed by atoms with E-state index in [1.165, 1.54) is 0 Å². The number of nitrogens with one attached hydrogen (secondary N) is 2. The van der Waals surface area contributed by atoms with E-state index in [4.69, 9.17) is 20.4 Å². The minimum Gasteiger partial charge on any atom is -0.481 e. The van der Waals surface area contributed by atoms with Crippen molar-refractivity contribution < 1.29 is 34.8 Å². The largest absolute Gasteiger partial charge is 0.481 e. The molecule has 23 heavy (non-hydrogen) atoms. The van der Waals surface area contributed by atoms with Gasteiger partial charge in [-0.15, -0.1) is 0 Å². The molecular formula is C12H16N4O7. The van der Waals surface area contributed by atoms with Crippen LogP contribution in [-0.4, -0.2) is 63.9 Å². The predicted molar refractivity (Wildman–Crippen MR) is 74.3 cm³/mol. The summed E-state index contributed by atoms with van der Waals surface area (Å²) in [6.07, 6.45) is 7.88. The van der Waals surface area contributed by atoms with Crippen LogP contribution in [0.1, 0.15) is 12.8 Å². The first-order chi connectivity index (χ1) is 10.8. The van der Waals surface area contributed by atoms with E-state index in [1.54, 1.807) is 37.4 Å². The molecule has 2 rings (SSSR count). The molecule has 0 aliphatic heterocycles. The Morgan fingerprint density at radius 1 is 0.870 bits per heavy atom. The Kier molecular flexibility index (Phi) is 9.04. The minimum atomic E-state index is -2.74. The maximum atomic E-state index is 10.3. The van der Waals surface area contributed by atoms with Gasteiger partial charge in [-0.1, -0.05) is 0 Å². The van der Waals surface area contributed by atoms with Crippen LogP contribution >= 0.6 is 0 Å². The second-order valence-electron chi connectivity index (χ2n) is 4.00. The molecule has 0 fully saturated rings. The van der Waals surface area contributed by atoms with E-state index >= 15 is 0 Å². The number of rotatable bonds is 5. The van der Waals surface area contributed by atoms with Crippen molar-refractivity contribution in [3.05, 3.63) is 37.4 Å². The molecule has 2 aromatic rings. The van der Waals surface area contributed by atoms with E-state index in [1.807, 2.05) is 0 Å². The molecule has 0 aliphatic carbocycles. The Morgan fingerprint density at radius 3 is 1.39 bits per heavy atom. The van der Waals surface area contributed by atoms with Crippen molar-refractivity contribution in [3.8, 4) is 0 Å². The molecule has 126 valence electrons. The molecule has 0 amide bonds. The smallest absolute Gasteiger partial charge is 0.336 e. The molecule has 0 saturated heterocycles. The van der Waals surface area contributed by atoms with Crippen molar-refractivity contribution in [3.63, 3.8) is 0 Å². The second-order valence-corrected chi connectivity index (χ2v) is 4.00. The Bertz CT molecular complexity index is 492. The van der Waals surface area contributed by atoms with Gasteiger partial charge in [-0.3, -0.25) is 9.59 Å². The van der Waals surface area contributed by atoms with Gasteiger partial charge in [0.25, 0.3) is 0 Å². The van der Waals surface area contributed by atoms with Gasteiger partial charge < -0.3 is 30.4 Å². The topological polar surface area (TPSA) is 189 Å². The number of hydrogen-bond donors (Lipinski definition) is 6. The zero-order valence-corrected chi connectivity index (χ0v) is 11.8. The quantitative estimate of drug-likeness (QED) is 0.423. The number of aromatic amines is 2. The molecule has 0 unspecified atom stereocenters. The van der Waals surface area contributed by atoms with Gasteiger partial charge in [0.1, 0.15) is 0 Å². The van der Waals surface area contributed by atoms with Gasteiger partial charge in [0.2, 0.25) is 0 Å². The molecule has 0 aliphatic rings. The van der Waals surface area contributed by atoms with Crippen LogP contribution in [0.2, 0.25) is 0 Å². The summed E-state index contributed by atoms with van der Waals surface area (Å²) in [5, 5.41) is 33.8.